The number of fused-ring (bicyclic) bond motifs is 2. The van der Waals surface area contributed by atoms with E-state index in [1.807, 2.05) is 42.5 Å². The smallest absolute Gasteiger partial charge is 0.338 e. The first-order chi connectivity index (χ1) is 13.3. The van der Waals surface area contributed by atoms with E-state index in [4.69, 9.17) is 4.74 Å². The number of esters is 1. The molecule has 0 aromatic heterocycles. The highest BCUT2D eigenvalue weighted by Gasteiger charge is 2.63. The number of carbonyl (C=O) groups is 2. The summed E-state index contributed by atoms with van der Waals surface area (Å²) in [6.45, 7) is 6.82. The molecule has 2 bridgehead atoms. The predicted molar refractivity (Wildman–Crippen MR) is 110 cm³/mol. The number of ether oxygens (including phenoxy) is 1. The minimum absolute atomic E-state index is 0.0293. The maximum absolute atomic E-state index is 13.0. The Morgan fingerprint density at radius 3 is 2.36 bits per heavy atom. The molecule has 0 heterocycles. The SMILES string of the molecule is CC12CCC(C(=Cc3ccc(COC(=O)c4ccccc4)cc3)C1=O)C2(C)C. The zero-order valence-electron chi connectivity index (χ0n) is 16.7. The van der Waals surface area contributed by atoms with Crippen LogP contribution in [-0.4, -0.2) is 11.8 Å². The Morgan fingerprint density at radius 1 is 1.07 bits per heavy atom. The molecule has 0 N–H and O–H groups in total. The quantitative estimate of drug-likeness (QED) is 0.528. The van der Waals surface area contributed by atoms with Gasteiger partial charge in [-0.05, 0) is 59.1 Å². The molecular formula is C25H26O3. The second-order valence-electron chi connectivity index (χ2n) is 8.76. The number of allylic oxidation sites excluding steroid dienone is 1. The van der Waals surface area contributed by atoms with E-state index in [-0.39, 0.29) is 23.4 Å². The van der Waals surface area contributed by atoms with E-state index >= 15 is 0 Å². The molecule has 0 spiro atoms. The molecule has 28 heavy (non-hydrogen) atoms. The highest BCUT2D eigenvalue weighted by atomic mass is 16.5. The minimum atomic E-state index is -0.324. The first kappa shape index (κ1) is 18.7. The van der Waals surface area contributed by atoms with E-state index < -0.39 is 0 Å². The van der Waals surface area contributed by atoms with Crippen molar-refractivity contribution in [3.8, 4) is 0 Å². The third-order valence-electron chi connectivity index (χ3n) is 7.05. The van der Waals surface area contributed by atoms with Crippen molar-refractivity contribution in [1.29, 1.82) is 0 Å². The van der Waals surface area contributed by atoms with Crippen LogP contribution >= 0.6 is 0 Å². The summed E-state index contributed by atoms with van der Waals surface area (Å²) in [4.78, 5) is 25.0. The average molecular weight is 374 g/mol. The van der Waals surface area contributed by atoms with Crippen molar-refractivity contribution in [2.75, 3.05) is 0 Å². The summed E-state index contributed by atoms with van der Waals surface area (Å²) in [5, 5.41) is 0. The van der Waals surface area contributed by atoms with Crippen molar-refractivity contribution in [2.24, 2.45) is 16.7 Å². The molecule has 2 aromatic carbocycles. The minimum Gasteiger partial charge on any atom is -0.457 e. The van der Waals surface area contributed by atoms with Crippen molar-refractivity contribution in [3.05, 3.63) is 76.9 Å². The first-order valence-electron chi connectivity index (χ1n) is 9.90. The summed E-state index contributed by atoms with van der Waals surface area (Å²) in [6.07, 6.45) is 4.14. The van der Waals surface area contributed by atoms with Gasteiger partial charge in [0.1, 0.15) is 6.61 Å². The average Bonchev–Trinajstić information content (AvgIpc) is 3.01. The molecule has 2 unspecified atom stereocenters. The van der Waals surface area contributed by atoms with Crippen LogP contribution in [0.3, 0.4) is 0 Å². The molecule has 2 atom stereocenters. The van der Waals surface area contributed by atoms with E-state index in [0.717, 1.165) is 29.5 Å². The predicted octanol–water partition coefficient (Wildman–Crippen LogP) is 5.45. The molecule has 144 valence electrons. The van der Waals surface area contributed by atoms with Crippen LogP contribution in [0.5, 0.6) is 0 Å². The molecule has 0 amide bonds. The third-order valence-corrected chi connectivity index (χ3v) is 7.05. The molecule has 2 aromatic rings. The molecular weight excluding hydrogens is 348 g/mol. The van der Waals surface area contributed by atoms with Gasteiger partial charge < -0.3 is 4.74 Å². The Kier molecular flexibility index (Phi) is 4.49. The Labute approximate surface area is 166 Å². The van der Waals surface area contributed by atoms with Crippen LogP contribution in [0.25, 0.3) is 6.08 Å². The van der Waals surface area contributed by atoms with Crippen LogP contribution in [0.4, 0.5) is 0 Å². The van der Waals surface area contributed by atoms with Crippen LogP contribution < -0.4 is 0 Å². The van der Waals surface area contributed by atoms with Crippen LogP contribution in [0, 0.1) is 16.7 Å². The highest BCUT2D eigenvalue weighted by molar-refractivity contribution is 6.07. The molecule has 2 saturated carbocycles. The number of carbonyl (C=O) groups excluding carboxylic acids is 2. The molecule has 0 aliphatic heterocycles. The number of rotatable bonds is 4. The van der Waals surface area contributed by atoms with Crippen LogP contribution in [-0.2, 0) is 16.1 Å². The summed E-state index contributed by atoms with van der Waals surface area (Å²) in [5.74, 6) is 0.334. The number of hydrogen-bond acceptors (Lipinski definition) is 3. The van der Waals surface area contributed by atoms with Crippen molar-refractivity contribution < 1.29 is 14.3 Å². The molecule has 0 saturated heterocycles. The molecule has 2 fully saturated rings. The van der Waals surface area contributed by atoms with Gasteiger partial charge in [-0.15, -0.1) is 0 Å². The Balaban J connectivity index is 1.45. The van der Waals surface area contributed by atoms with Crippen molar-refractivity contribution in [1.82, 2.24) is 0 Å². The van der Waals surface area contributed by atoms with Gasteiger partial charge in [0, 0.05) is 5.41 Å². The maximum atomic E-state index is 13.0. The van der Waals surface area contributed by atoms with Gasteiger partial charge in [0.05, 0.1) is 5.56 Å². The number of benzene rings is 2. The van der Waals surface area contributed by atoms with Crippen molar-refractivity contribution in [3.63, 3.8) is 0 Å². The second kappa shape index (κ2) is 6.73. The van der Waals surface area contributed by atoms with Gasteiger partial charge in [-0.3, -0.25) is 4.79 Å². The summed E-state index contributed by atoms with van der Waals surface area (Å²) in [7, 11) is 0. The van der Waals surface area contributed by atoms with E-state index in [9.17, 15) is 9.59 Å². The lowest BCUT2D eigenvalue weighted by Crippen LogP contribution is -2.32. The van der Waals surface area contributed by atoms with Crippen molar-refractivity contribution in [2.45, 2.75) is 40.2 Å². The van der Waals surface area contributed by atoms with Crippen LogP contribution in [0.2, 0.25) is 0 Å². The third kappa shape index (κ3) is 2.90. The van der Waals surface area contributed by atoms with Gasteiger partial charge in [-0.1, -0.05) is 63.2 Å². The molecule has 2 aliphatic rings. The van der Waals surface area contributed by atoms with E-state index in [1.54, 1.807) is 12.1 Å². The first-order valence-corrected chi connectivity index (χ1v) is 9.90. The van der Waals surface area contributed by atoms with E-state index in [1.165, 1.54) is 0 Å². The van der Waals surface area contributed by atoms with Gasteiger partial charge in [0.25, 0.3) is 0 Å². The lowest BCUT2D eigenvalue weighted by atomic mass is 9.70. The normalized spacial score (nSPS) is 26.6. The summed E-state index contributed by atoms with van der Waals surface area (Å²) < 4.78 is 5.38. The van der Waals surface area contributed by atoms with Gasteiger partial charge >= 0.3 is 5.97 Å². The van der Waals surface area contributed by atoms with Crippen molar-refractivity contribution >= 4 is 17.8 Å². The lowest BCUT2D eigenvalue weighted by molar-refractivity contribution is -0.125. The lowest BCUT2D eigenvalue weighted by Gasteiger charge is -2.31. The maximum Gasteiger partial charge on any atom is 0.338 e. The zero-order valence-corrected chi connectivity index (χ0v) is 16.7. The van der Waals surface area contributed by atoms with Gasteiger partial charge in [-0.2, -0.15) is 0 Å². The fourth-order valence-electron chi connectivity index (χ4n) is 4.79. The van der Waals surface area contributed by atoms with Gasteiger partial charge in [0.2, 0.25) is 0 Å². The Bertz CT molecular complexity index is 938. The van der Waals surface area contributed by atoms with Crippen LogP contribution in [0.1, 0.15) is 55.1 Å². The molecule has 4 rings (SSSR count). The summed E-state index contributed by atoms with van der Waals surface area (Å²) >= 11 is 0. The fraction of sp³-hybridized carbons (Fsp3) is 0.360. The standard InChI is InChI=1S/C25H26O3/c1-24(2)21-13-14-25(24,3)22(26)20(21)15-17-9-11-18(12-10-17)16-28-23(27)19-7-5-4-6-8-19/h4-12,15,21H,13-14,16H2,1-3H3. The zero-order chi connectivity index (χ0) is 19.9. The molecule has 3 nitrogen and oxygen atoms in total. The van der Waals surface area contributed by atoms with E-state index in [2.05, 4.69) is 26.8 Å². The number of hydrogen-bond donors (Lipinski definition) is 0. The number of ketones is 1. The molecule has 3 heteroatoms. The summed E-state index contributed by atoms with van der Waals surface area (Å²) in [6, 6.07) is 16.9. The summed E-state index contributed by atoms with van der Waals surface area (Å²) in [5.41, 5.74) is 3.28. The van der Waals surface area contributed by atoms with E-state index in [0.29, 0.717) is 17.3 Å². The monoisotopic (exact) mass is 374 g/mol. The Hall–Kier alpha value is -2.68. The van der Waals surface area contributed by atoms with Gasteiger partial charge in [0.15, 0.2) is 5.78 Å². The van der Waals surface area contributed by atoms with Crippen LogP contribution in [0.15, 0.2) is 60.2 Å². The fourth-order valence-corrected chi connectivity index (χ4v) is 4.79. The number of Topliss-reactive ketones (excluding diaryl/α,β-unsaturated/α-hetero) is 1. The molecule has 0 radical (unpaired) electrons. The highest BCUT2D eigenvalue weighted by Crippen LogP contribution is 2.65. The largest absolute Gasteiger partial charge is 0.457 e. The molecule has 2 aliphatic carbocycles. The second-order valence-corrected chi connectivity index (χ2v) is 8.76. The topological polar surface area (TPSA) is 43.4 Å². The van der Waals surface area contributed by atoms with Gasteiger partial charge in [-0.25, -0.2) is 4.79 Å². The Morgan fingerprint density at radius 2 is 1.75 bits per heavy atom.